The number of ketones is 1. The summed E-state index contributed by atoms with van der Waals surface area (Å²) in [5, 5.41) is 0. The third kappa shape index (κ3) is 1.72. The Balaban J connectivity index is 2.68. The predicted molar refractivity (Wildman–Crippen MR) is 48.7 cm³/mol. The molecule has 1 aliphatic rings. The van der Waals surface area contributed by atoms with Gasteiger partial charge in [-0.15, -0.1) is 0 Å². The van der Waals surface area contributed by atoms with Crippen molar-refractivity contribution in [1.29, 1.82) is 0 Å². The zero-order valence-electron chi connectivity index (χ0n) is 8.14. The van der Waals surface area contributed by atoms with Crippen molar-refractivity contribution >= 4 is 11.7 Å². The molecule has 2 rings (SSSR count). The van der Waals surface area contributed by atoms with Gasteiger partial charge >= 0.3 is 6.18 Å². The molecule has 0 bridgehead atoms. The predicted octanol–water partition coefficient (Wildman–Crippen LogP) is 1.60. The summed E-state index contributed by atoms with van der Waals surface area (Å²) >= 11 is 0. The van der Waals surface area contributed by atoms with Gasteiger partial charge in [0, 0.05) is 6.42 Å². The molecular formula is C9H8F3N3O. The molecule has 0 saturated carbocycles. The number of alkyl halides is 3. The largest absolute Gasteiger partial charge is 0.434 e. The number of anilines is 1. The number of carbonyl (C=O) groups excluding carboxylic acids is 1. The van der Waals surface area contributed by atoms with Crippen LogP contribution in [0.15, 0.2) is 0 Å². The number of aryl methyl sites for hydroxylation is 1. The van der Waals surface area contributed by atoms with Crippen molar-refractivity contribution in [2.45, 2.75) is 25.4 Å². The second-order valence-corrected chi connectivity index (χ2v) is 3.53. The Morgan fingerprint density at radius 2 is 1.88 bits per heavy atom. The van der Waals surface area contributed by atoms with E-state index in [1.807, 2.05) is 0 Å². The molecule has 0 fully saturated rings. The highest BCUT2D eigenvalue weighted by molar-refractivity contribution is 5.99. The van der Waals surface area contributed by atoms with Crippen LogP contribution in [-0.4, -0.2) is 15.8 Å². The van der Waals surface area contributed by atoms with E-state index >= 15 is 0 Å². The minimum Gasteiger partial charge on any atom is -0.368 e. The van der Waals surface area contributed by atoms with Crippen molar-refractivity contribution < 1.29 is 18.0 Å². The van der Waals surface area contributed by atoms with Crippen molar-refractivity contribution in [3.63, 3.8) is 0 Å². The number of carbonyl (C=O) groups is 1. The highest BCUT2D eigenvalue weighted by Gasteiger charge is 2.40. The molecule has 0 saturated heterocycles. The van der Waals surface area contributed by atoms with Gasteiger partial charge in [-0.3, -0.25) is 4.79 Å². The molecule has 1 aromatic heterocycles. The van der Waals surface area contributed by atoms with Gasteiger partial charge in [-0.05, 0) is 12.8 Å². The minimum absolute atomic E-state index is 0.101. The monoisotopic (exact) mass is 231 g/mol. The fourth-order valence-electron chi connectivity index (χ4n) is 1.75. The van der Waals surface area contributed by atoms with Gasteiger partial charge < -0.3 is 5.73 Å². The molecule has 16 heavy (non-hydrogen) atoms. The lowest BCUT2D eigenvalue weighted by Crippen LogP contribution is -2.23. The summed E-state index contributed by atoms with van der Waals surface area (Å²) in [6, 6.07) is 0. The first-order chi connectivity index (χ1) is 7.39. The quantitative estimate of drug-likeness (QED) is 0.736. The number of nitrogens with two attached hydrogens (primary N) is 1. The van der Waals surface area contributed by atoms with Crippen molar-refractivity contribution in [2.24, 2.45) is 0 Å². The standard InChI is InChI=1S/C9H8F3N3O/c10-9(11,12)7-6-4(14-8(13)15-7)2-1-3-5(6)16/h1-3H2,(H2,13,14,15). The van der Waals surface area contributed by atoms with E-state index in [1.54, 1.807) is 0 Å². The Morgan fingerprint density at radius 1 is 1.19 bits per heavy atom. The van der Waals surface area contributed by atoms with Crippen LogP contribution in [-0.2, 0) is 12.6 Å². The van der Waals surface area contributed by atoms with Gasteiger partial charge in [0.25, 0.3) is 0 Å². The SMILES string of the molecule is Nc1nc2c(c(C(F)(F)F)n1)C(=O)CCC2. The summed E-state index contributed by atoms with van der Waals surface area (Å²) < 4.78 is 37.9. The molecule has 1 aliphatic carbocycles. The number of aromatic nitrogens is 2. The van der Waals surface area contributed by atoms with Gasteiger partial charge in [0.2, 0.25) is 5.95 Å². The number of halogens is 3. The molecule has 0 atom stereocenters. The number of rotatable bonds is 0. The van der Waals surface area contributed by atoms with Crippen molar-refractivity contribution in [2.75, 3.05) is 5.73 Å². The van der Waals surface area contributed by atoms with Crippen LogP contribution < -0.4 is 5.73 Å². The van der Waals surface area contributed by atoms with Gasteiger partial charge in [-0.2, -0.15) is 13.2 Å². The Labute approximate surface area is 88.7 Å². The van der Waals surface area contributed by atoms with Gasteiger partial charge in [0.1, 0.15) is 0 Å². The molecular weight excluding hydrogens is 223 g/mol. The summed E-state index contributed by atoms with van der Waals surface area (Å²) in [4.78, 5) is 18.3. The van der Waals surface area contributed by atoms with Crippen molar-refractivity contribution in [3.8, 4) is 0 Å². The molecule has 86 valence electrons. The number of nitrogens with zero attached hydrogens (tertiary/aromatic N) is 2. The fraction of sp³-hybridized carbons (Fsp3) is 0.444. The molecule has 1 aromatic rings. The fourth-order valence-corrected chi connectivity index (χ4v) is 1.75. The Morgan fingerprint density at radius 3 is 2.50 bits per heavy atom. The minimum atomic E-state index is -4.67. The molecule has 2 N–H and O–H groups in total. The van der Waals surface area contributed by atoms with Crippen LogP contribution in [0.2, 0.25) is 0 Å². The summed E-state index contributed by atoms with van der Waals surface area (Å²) in [7, 11) is 0. The average Bonchev–Trinajstić information content (AvgIpc) is 2.15. The summed E-state index contributed by atoms with van der Waals surface area (Å²) in [6.45, 7) is 0. The molecule has 0 radical (unpaired) electrons. The Kier molecular flexibility index (Phi) is 2.32. The first kappa shape index (κ1) is 10.8. The van der Waals surface area contributed by atoms with Gasteiger partial charge in [0.15, 0.2) is 11.5 Å². The first-order valence-corrected chi connectivity index (χ1v) is 4.66. The number of hydrogen-bond acceptors (Lipinski definition) is 4. The lowest BCUT2D eigenvalue weighted by Gasteiger charge is -2.18. The van der Waals surface area contributed by atoms with Gasteiger partial charge in [-0.25, -0.2) is 9.97 Å². The van der Waals surface area contributed by atoms with Crippen LogP contribution in [0.25, 0.3) is 0 Å². The molecule has 4 nitrogen and oxygen atoms in total. The maximum atomic E-state index is 12.6. The third-order valence-corrected chi connectivity index (χ3v) is 2.37. The van der Waals surface area contributed by atoms with Crippen LogP contribution >= 0.6 is 0 Å². The second kappa shape index (κ2) is 3.43. The van der Waals surface area contributed by atoms with E-state index < -0.39 is 29.2 Å². The molecule has 0 aliphatic heterocycles. The molecule has 7 heteroatoms. The van der Waals surface area contributed by atoms with E-state index in [0.29, 0.717) is 12.8 Å². The summed E-state index contributed by atoms with van der Waals surface area (Å²) in [6.07, 6.45) is -3.74. The van der Waals surface area contributed by atoms with Crippen LogP contribution in [0.4, 0.5) is 19.1 Å². The number of fused-ring (bicyclic) bond motifs is 1. The van der Waals surface area contributed by atoms with Crippen LogP contribution in [0.5, 0.6) is 0 Å². The van der Waals surface area contributed by atoms with E-state index in [0.717, 1.165) is 0 Å². The number of nitrogen functional groups attached to an aromatic ring is 1. The Bertz CT molecular complexity index is 456. The van der Waals surface area contributed by atoms with E-state index in [-0.39, 0.29) is 12.1 Å². The lowest BCUT2D eigenvalue weighted by molar-refractivity contribution is -0.141. The van der Waals surface area contributed by atoms with Gasteiger partial charge in [-0.1, -0.05) is 0 Å². The van der Waals surface area contributed by atoms with E-state index in [1.165, 1.54) is 0 Å². The highest BCUT2D eigenvalue weighted by Crippen LogP contribution is 2.34. The first-order valence-electron chi connectivity index (χ1n) is 4.66. The number of Topliss-reactive ketones (excluding diaryl/α,β-unsaturated/α-hetero) is 1. The highest BCUT2D eigenvalue weighted by atomic mass is 19.4. The van der Waals surface area contributed by atoms with E-state index in [2.05, 4.69) is 9.97 Å². The zero-order valence-corrected chi connectivity index (χ0v) is 8.14. The maximum Gasteiger partial charge on any atom is 0.434 e. The molecule has 0 amide bonds. The van der Waals surface area contributed by atoms with E-state index in [4.69, 9.17) is 5.73 Å². The second-order valence-electron chi connectivity index (χ2n) is 3.53. The topological polar surface area (TPSA) is 68.9 Å². The van der Waals surface area contributed by atoms with Crippen LogP contribution in [0.3, 0.4) is 0 Å². The Hall–Kier alpha value is -1.66. The van der Waals surface area contributed by atoms with Crippen LogP contribution in [0, 0.1) is 0 Å². The summed E-state index contributed by atoms with van der Waals surface area (Å²) in [5.41, 5.74) is 3.68. The lowest BCUT2D eigenvalue weighted by atomic mass is 9.93. The van der Waals surface area contributed by atoms with Crippen molar-refractivity contribution in [1.82, 2.24) is 9.97 Å². The van der Waals surface area contributed by atoms with E-state index in [9.17, 15) is 18.0 Å². The normalized spacial score (nSPS) is 16.1. The number of hydrogen-bond donors (Lipinski definition) is 1. The molecule has 0 spiro atoms. The van der Waals surface area contributed by atoms with Crippen LogP contribution in [0.1, 0.15) is 34.6 Å². The van der Waals surface area contributed by atoms with Gasteiger partial charge in [0.05, 0.1) is 11.3 Å². The summed E-state index contributed by atoms with van der Waals surface area (Å²) in [5.74, 6) is -1.01. The maximum absolute atomic E-state index is 12.6. The average molecular weight is 231 g/mol. The smallest absolute Gasteiger partial charge is 0.368 e. The third-order valence-electron chi connectivity index (χ3n) is 2.37. The molecule has 1 heterocycles. The van der Waals surface area contributed by atoms with Crippen molar-refractivity contribution in [3.05, 3.63) is 17.0 Å². The molecule has 0 unspecified atom stereocenters. The zero-order chi connectivity index (χ0) is 11.9. The molecule has 0 aromatic carbocycles.